The number of furan rings is 1. The first-order chi connectivity index (χ1) is 9.36. The van der Waals surface area contributed by atoms with Gasteiger partial charge in [-0.05, 0) is 59.5 Å². The molecule has 116 valence electrons. The van der Waals surface area contributed by atoms with E-state index in [9.17, 15) is 0 Å². The van der Waals surface area contributed by atoms with Gasteiger partial charge in [-0.2, -0.15) is 0 Å². The van der Waals surface area contributed by atoms with Gasteiger partial charge in [-0.25, -0.2) is 0 Å². The SMILES string of the molecule is CCCNCc1oc(COCC(C)(C)N(C)C)cc1C. The van der Waals surface area contributed by atoms with E-state index < -0.39 is 0 Å². The highest BCUT2D eigenvalue weighted by molar-refractivity contribution is 5.19. The molecule has 0 saturated carbocycles. The summed E-state index contributed by atoms with van der Waals surface area (Å²) in [7, 11) is 4.13. The fourth-order valence-electron chi connectivity index (χ4n) is 1.75. The van der Waals surface area contributed by atoms with Crippen molar-refractivity contribution < 1.29 is 9.15 Å². The fraction of sp³-hybridized carbons (Fsp3) is 0.750. The summed E-state index contributed by atoms with van der Waals surface area (Å²) in [6.07, 6.45) is 1.13. The topological polar surface area (TPSA) is 37.6 Å². The maximum absolute atomic E-state index is 5.84. The maximum atomic E-state index is 5.84. The van der Waals surface area contributed by atoms with Crippen molar-refractivity contribution in [2.24, 2.45) is 0 Å². The molecule has 0 atom stereocenters. The van der Waals surface area contributed by atoms with Crippen LogP contribution in [0.3, 0.4) is 0 Å². The summed E-state index contributed by atoms with van der Waals surface area (Å²) < 4.78 is 11.6. The third kappa shape index (κ3) is 5.27. The smallest absolute Gasteiger partial charge is 0.130 e. The van der Waals surface area contributed by atoms with E-state index in [1.54, 1.807) is 0 Å². The van der Waals surface area contributed by atoms with Crippen LogP contribution in [-0.2, 0) is 17.9 Å². The summed E-state index contributed by atoms with van der Waals surface area (Å²) in [4.78, 5) is 2.17. The van der Waals surface area contributed by atoms with Crippen LogP contribution >= 0.6 is 0 Å². The van der Waals surface area contributed by atoms with Crippen molar-refractivity contribution in [2.45, 2.75) is 52.8 Å². The van der Waals surface area contributed by atoms with Gasteiger partial charge in [-0.3, -0.25) is 0 Å². The van der Waals surface area contributed by atoms with Crippen LogP contribution in [0.1, 0.15) is 44.3 Å². The van der Waals surface area contributed by atoms with Gasteiger partial charge in [0.2, 0.25) is 0 Å². The molecule has 1 N–H and O–H groups in total. The molecule has 1 rings (SSSR count). The minimum absolute atomic E-state index is 0.0349. The molecule has 0 saturated heterocycles. The Kier molecular flexibility index (Phi) is 6.72. The summed E-state index contributed by atoms with van der Waals surface area (Å²) in [6.45, 7) is 11.6. The maximum Gasteiger partial charge on any atom is 0.130 e. The Hall–Kier alpha value is -0.840. The molecule has 0 radical (unpaired) electrons. The average Bonchev–Trinajstić information content (AvgIpc) is 2.70. The monoisotopic (exact) mass is 282 g/mol. The normalized spacial score (nSPS) is 12.3. The highest BCUT2D eigenvalue weighted by Crippen LogP contribution is 2.17. The average molecular weight is 282 g/mol. The second kappa shape index (κ2) is 7.81. The molecule has 0 spiro atoms. The molecule has 1 aromatic rings. The van der Waals surface area contributed by atoms with Crippen LogP contribution < -0.4 is 5.32 Å². The van der Waals surface area contributed by atoms with Crippen LogP contribution in [0.5, 0.6) is 0 Å². The zero-order valence-electron chi connectivity index (χ0n) is 13.9. The van der Waals surface area contributed by atoms with Gasteiger partial charge >= 0.3 is 0 Å². The molecule has 0 fully saturated rings. The third-order valence-corrected chi connectivity index (χ3v) is 3.69. The van der Waals surface area contributed by atoms with E-state index in [4.69, 9.17) is 9.15 Å². The van der Waals surface area contributed by atoms with Crippen LogP contribution in [0, 0.1) is 6.92 Å². The Morgan fingerprint density at radius 1 is 1.35 bits per heavy atom. The Morgan fingerprint density at radius 2 is 2.05 bits per heavy atom. The summed E-state index contributed by atoms with van der Waals surface area (Å²) in [5.41, 5.74) is 1.23. The zero-order valence-corrected chi connectivity index (χ0v) is 13.9. The van der Waals surface area contributed by atoms with Crippen molar-refractivity contribution >= 4 is 0 Å². The molecule has 0 amide bonds. The van der Waals surface area contributed by atoms with E-state index in [0.29, 0.717) is 13.2 Å². The Balaban J connectivity index is 2.43. The molecule has 20 heavy (non-hydrogen) atoms. The molecular formula is C16H30N2O2. The molecule has 0 aliphatic heterocycles. The number of nitrogens with zero attached hydrogens (tertiary/aromatic N) is 1. The first-order valence-corrected chi connectivity index (χ1v) is 7.41. The van der Waals surface area contributed by atoms with Crippen molar-refractivity contribution in [1.29, 1.82) is 0 Å². The summed E-state index contributed by atoms with van der Waals surface area (Å²) in [5, 5.41) is 3.36. The second-order valence-corrected chi connectivity index (χ2v) is 6.20. The van der Waals surface area contributed by atoms with Crippen molar-refractivity contribution in [3.8, 4) is 0 Å². The molecule has 1 heterocycles. The van der Waals surface area contributed by atoms with Crippen LogP contribution in [0.15, 0.2) is 10.5 Å². The van der Waals surface area contributed by atoms with E-state index in [1.165, 1.54) is 5.56 Å². The van der Waals surface area contributed by atoms with Crippen LogP contribution in [0.2, 0.25) is 0 Å². The standard InChI is InChI=1S/C16H30N2O2/c1-7-8-17-10-15-13(2)9-14(20-15)11-19-12-16(3,4)18(5)6/h9,17H,7-8,10-12H2,1-6H3. The molecule has 0 aromatic carbocycles. The first-order valence-electron chi connectivity index (χ1n) is 7.41. The van der Waals surface area contributed by atoms with E-state index in [-0.39, 0.29) is 5.54 Å². The van der Waals surface area contributed by atoms with Crippen LogP contribution in [0.25, 0.3) is 0 Å². The van der Waals surface area contributed by atoms with Crippen LogP contribution in [0.4, 0.5) is 0 Å². The minimum atomic E-state index is 0.0349. The second-order valence-electron chi connectivity index (χ2n) is 6.20. The predicted molar refractivity (Wildman–Crippen MR) is 82.9 cm³/mol. The molecule has 0 bridgehead atoms. The number of hydrogen-bond donors (Lipinski definition) is 1. The lowest BCUT2D eigenvalue weighted by Gasteiger charge is -2.31. The highest BCUT2D eigenvalue weighted by Gasteiger charge is 2.20. The van der Waals surface area contributed by atoms with E-state index in [1.807, 2.05) is 0 Å². The largest absolute Gasteiger partial charge is 0.462 e. The lowest BCUT2D eigenvalue weighted by molar-refractivity contribution is 0.0206. The Labute approximate surface area is 123 Å². The number of nitrogens with one attached hydrogen (secondary N) is 1. The molecular weight excluding hydrogens is 252 g/mol. The molecule has 4 nitrogen and oxygen atoms in total. The summed E-state index contributed by atoms with van der Waals surface area (Å²) in [5.74, 6) is 1.93. The van der Waals surface area contributed by atoms with Gasteiger partial charge in [0.05, 0.1) is 13.2 Å². The van der Waals surface area contributed by atoms with Crippen molar-refractivity contribution in [3.63, 3.8) is 0 Å². The highest BCUT2D eigenvalue weighted by atomic mass is 16.5. The molecule has 0 unspecified atom stereocenters. The van der Waals surface area contributed by atoms with Gasteiger partial charge < -0.3 is 19.4 Å². The van der Waals surface area contributed by atoms with Crippen molar-refractivity contribution in [1.82, 2.24) is 10.2 Å². The first kappa shape index (κ1) is 17.2. The summed E-state index contributed by atoms with van der Waals surface area (Å²) in [6, 6.07) is 2.08. The fourth-order valence-corrected chi connectivity index (χ4v) is 1.75. The van der Waals surface area contributed by atoms with Gasteiger partial charge in [0.25, 0.3) is 0 Å². The lowest BCUT2D eigenvalue weighted by atomic mass is 10.1. The lowest BCUT2D eigenvalue weighted by Crippen LogP contribution is -2.42. The number of rotatable bonds is 9. The Morgan fingerprint density at radius 3 is 2.65 bits per heavy atom. The van der Waals surface area contributed by atoms with Gasteiger partial charge in [0, 0.05) is 5.54 Å². The van der Waals surface area contributed by atoms with Gasteiger partial charge in [0.15, 0.2) is 0 Å². The van der Waals surface area contributed by atoms with Gasteiger partial charge in [-0.15, -0.1) is 0 Å². The number of hydrogen-bond acceptors (Lipinski definition) is 4. The van der Waals surface area contributed by atoms with Gasteiger partial charge in [-0.1, -0.05) is 6.92 Å². The van der Waals surface area contributed by atoms with E-state index in [0.717, 1.165) is 31.0 Å². The van der Waals surface area contributed by atoms with Crippen LogP contribution in [-0.4, -0.2) is 37.7 Å². The third-order valence-electron chi connectivity index (χ3n) is 3.69. The molecule has 4 heteroatoms. The number of aryl methyl sites for hydroxylation is 1. The minimum Gasteiger partial charge on any atom is -0.462 e. The number of likely N-dealkylation sites (N-methyl/N-ethyl adjacent to an activating group) is 1. The molecule has 0 aliphatic carbocycles. The Bertz CT molecular complexity index is 397. The number of ether oxygens (including phenoxy) is 1. The summed E-state index contributed by atoms with van der Waals surface area (Å²) >= 11 is 0. The van der Waals surface area contributed by atoms with Crippen molar-refractivity contribution in [2.75, 3.05) is 27.2 Å². The molecule has 0 aliphatic rings. The van der Waals surface area contributed by atoms with E-state index in [2.05, 4.69) is 58.1 Å². The zero-order chi connectivity index (χ0) is 15.2. The predicted octanol–water partition coefficient (Wildman–Crippen LogP) is 2.94. The van der Waals surface area contributed by atoms with Crippen molar-refractivity contribution in [3.05, 3.63) is 23.2 Å². The molecule has 1 aromatic heterocycles. The van der Waals surface area contributed by atoms with Gasteiger partial charge in [0.1, 0.15) is 18.1 Å². The van der Waals surface area contributed by atoms with E-state index >= 15 is 0 Å². The quantitative estimate of drug-likeness (QED) is 0.707.